The van der Waals surface area contributed by atoms with Gasteiger partial charge in [0.25, 0.3) is 0 Å². The number of aromatic nitrogens is 2. The Labute approximate surface area is 130 Å². The Morgan fingerprint density at radius 2 is 2.09 bits per heavy atom. The number of carbonyl (C=O) groups is 1. The van der Waals surface area contributed by atoms with Gasteiger partial charge in [-0.2, -0.15) is 0 Å². The lowest BCUT2D eigenvalue weighted by molar-refractivity contribution is 0.0543. The van der Waals surface area contributed by atoms with Crippen LogP contribution in [0.3, 0.4) is 0 Å². The number of hydrogen-bond acceptors (Lipinski definition) is 5. The molecule has 1 aromatic heterocycles. The number of rotatable bonds is 3. The summed E-state index contributed by atoms with van der Waals surface area (Å²) in [7, 11) is 3.76. The Hall–Kier alpha value is -1.89. The molecular formula is C15H23N5O2. The first kappa shape index (κ1) is 15.0. The van der Waals surface area contributed by atoms with Gasteiger partial charge in [-0.05, 0) is 25.7 Å². The summed E-state index contributed by atoms with van der Waals surface area (Å²) in [6.07, 6.45) is 7.67. The minimum Gasteiger partial charge on any atom is -0.376 e. The van der Waals surface area contributed by atoms with Crippen LogP contribution in [-0.2, 0) is 4.74 Å². The third-order valence-corrected chi connectivity index (χ3v) is 4.24. The lowest BCUT2D eigenvalue weighted by Crippen LogP contribution is -2.44. The summed E-state index contributed by atoms with van der Waals surface area (Å²) in [6.45, 7) is 1.60. The summed E-state index contributed by atoms with van der Waals surface area (Å²) in [5.74, 6) is 0.622. The second-order valence-corrected chi connectivity index (χ2v) is 6.05. The molecule has 1 aromatic rings. The standard InChI is InChI=1S/C15H23N5O2/c1-19(2)14-16-9-11(10-17-14)18-15(21)20-7-3-5-12(20)13-6-4-8-22-13/h9-10,12-13H,3-8H2,1-2H3,(H,18,21)/t12-,13+/m1/s1. The second-order valence-electron chi connectivity index (χ2n) is 6.05. The number of nitrogens with one attached hydrogen (secondary N) is 1. The SMILES string of the molecule is CN(C)c1ncc(NC(=O)N2CCC[C@@H]2[C@@H]2CCCO2)cn1. The molecule has 22 heavy (non-hydrogen) atoms. The van der Waals surface area contributed by atoms with Crippen molar-refractivity contribution in [1.82, 2.24) is 14.9 Å². The predicted molar refractivity (Wildman–Crippen MR) is 84.1 cm³/mol. The molecule has 1 N–H and O–H groups in total. The number of amides is 2. The van der Waals surface area contributed by atoms with Crippen molar-refractivity contribution in [3.63, 3.8) is 0 Å². The minimum atomic E-state index is -0.0841. The maximum atomic E-state index is 12.5. The van der Waals surface area contributed by atoms with Gasteiger partial charge >= 0.3 is 6.03 Å². The van der Waals surface area contributed by atoms with Gasteiger partial charge in [-0.1, -0.05) is 0 Å². The van der Waals surface area contributed by atoms with Gasteiger partial charge in [0, 0.05) is 27.2 Å². The van der Waals surface area contributed by atoms with E-state index in [0.717, 1.165) is 38.8 Å². The molecule has 2 saturated heterocycles. The van der Waals surface area contributed by atoms with Gasteiger partial charge in [0.15, 0.2) is 0 Å². The van der Waals surface area contributed by atoms with Crippen LogP contribution in [0.25, 0.3) is 0 Å². The van der Waals surface area contributed by atoms with E-state index >= 15 is 0 Å². The Morgan fingerprint density at radius 3 is 2.73 bits per heavy atom. The van der Waals surface area contributed by atoms with Crippen LogP contribution in [0.5, 0.6) is 0 Å². The number of carbonyl (C=O) groups excluding carboxylic acids is 1. The van der Waals surface area contributed by atoms with E-state index in [9.17, 15) is 4.79 Å². The van der Waals surface area contributed by atoms with Crippen molar-refractivity contribution in [3.8, 4) is 0 Å². The van der Waals surface area contributed by atoms with E-state index in [1.807, 2.05) is 23.9 Å². The molecule has 2 aliphatic heterocycles. The van der Waals surface area contributed by atoms with E-state index in [1.54, 1.807) is 12.4 Å². The number of urea groups is 1. The summed E-state index contributed by atoms with van der Waals surface area (Å²) in [4.78, 5) is 24.6. The largest absolute Gasteiger partial charge is 0.376 e. The van der Waals surface area contributed by atoms with Crippen molar-refractivity contribution in [2.75, 3.05) is 37.5 Å². The molecule has 120 valence electrons. The van der Waals surface area contributed by atoms with E-state index in [-0.39, 0.29) is 18.2 Å². The maximum absolute atomic E-state index is 12.5. The molecule has 0 unspecified atom stereocenters. The van der Waals surface area contributed by atoms with E-state index in [1.165, 1.54) is 0 Å². The summed E-state index contributed by atoms with van der Waals surface area (Å²) in [5, 5.41) is 2.89. The van der Waals surface area contributed by atoms with Crippen LogP contribution in [0.4, 0.5) is 16.4 Å². The van der Waals surface area contributed by atoms with Crippen LogP contribution in [0, 0.1) is 0 Å². The lowest BCUT2D eigenvalue weighted by atomic mass is 10.1. The molecule has 2 amide bonds. The normalized spacial score (nSPS) is 24.5. The monoisotopic (exact) mass is 305 g/mol. The zero-order valence-corrected chi connectivity index (χ0v) is 13.2. The first-order valence-corrected chi connectivity index (χ1v) is 7.84. The summed E-state index contributed by atoms with van der Waals surface area (Å²) < 4.78 is 5.76. The molecule has 7 heteroatoms. The Balaban J connectivity index is 1.63. The van der Waals surface area contributed by atoms with Gasteiger partial charge in [0.05, 0.1) is 30.2 Å². The van der Waals surface area contributed by atoms with Crippen LogP contribution in [0.1, 0.15) is 25.7 Å². The van der Waals surface area contributed by atoms with Crippen molar-refractivity contribution in [1.29, 1.82) is 0 Å². The molecule has 3 rings (SSSR count). The number of likely N-dealkylation sites (tertiary alicyclic amines) is 1. The maximum Gasteiger partial charge on any atom is 0.322 e. The van der Waals surface area contributed by atoms with E-state index in [0.29, 0.717) is 11.6 Å². The molecule has 0 aliphatic carbocycles. The zero-order valence-electron chi connectivity index (χ0n) is 13.2. The quantitative estimate of drug-likeness (QED) is 0.920. The fourth-order valence-electron chi connectivity index (χ4n) is 3.15. The van der Waals surface area contributed by atoms with Crippen LogP contribution >= 0.6 is 0 Å². The molecule has 0 spiro atoms. The Bertz CT molecular complexity index is 513. The molecule has 2 atom stereocenters. The van der Waals surface area contributed by atoms with Crippen molar-refractivity contribution in [2.24, 2.45) is 0 Å². The van der Waals surface area contributed by atoms with Crippen LogP contribution < -0.4 is 10.2 Å². The fourth-order valence-corrected chi connectivity index (χ4v) is 3.15. The first-order valence-electron chi connectivity index (χ1n) is 7.84. The molecule has 2 fully saturated rings. The number of hydrogen-bond donors (Lipinski definition) is 1. The Kier molecular flexibility index (Phi) is 4.42. The van der Waals surface area contributed by atoms with Gasteiger partial charge in [-0.25, -0.2) is 14.8 Å². The van der Waals surface area contributed by atoms with Crippen molar-refractivity contribution < 1.29 is 9.53 Å². The Morgan fingerprint density at radius 1 is 1.32 bits per heavy atom. The molecule has 7 nitrogen and oxygen atoms in total. The second kappa shape index (κ2) is 6.48. The van der Waals surface area contributed by atoms with Gasteiger partial charge in [0.2, 0.25) is 5.95 Å². The highest BCUT2D eigenvalue weighted by Gasteiger charge is 2.36. The van der Waals surface area contributed by atoms with Crippen LogP contribution in [0.15, 0.2) is 12.4 Å². The topological polar surface area (TPSA) is 70.6 Å². The predicted octanol–water partition coefficient (Wildman–Crippen LogP) is 1.72. The third kappa shape index (κ3) is 3.14. The average molecular weight is 305 g/mol. The van der Waals surface area contributed by atoms with Gasteiger partial charge in [0.1, 0.15) is 0 Å². The molecule has 0 saturated carbocycles. The third-order valence-electron chi connectivity index (χ3n) is 4.24. The molecule has 0 aromatic carbocycles. The average Bonchev–Trinajstić information content (AvgIpc) is 3.18. The lowest BCUT2D eigenvalue weighted by Gasteiger charge is -2.28. The number of nitrogens with zero attached hydrogens (tertiary/aromatic N) is 4. The zero-order chi connectivity index (χ0) is 15.5. The molecular weight excluding hydrogens is 282 g/mol. The van der Waals surface area contributed by atoms with Crippen LogP contribution in [-0.4, -0.2) is 60.3 Å². The van der Waals surface area contributed by atoms with Crippen molar-refractivity contribution in [3.05, 3.63) is 12.4 Å². The molecule has 3 heterocycles. The summed E-state index contributed by atoms with van der Waals surface area (Å²) in [6, 6.07) is 0.115. The minimum absolute atomic E-state index is 0.0841. The van der Waals surface area contributed by atoms with E-state index < -0.39 is 0 Å². The van der Waals surface area contributed by atoms with Gasteiger partial charge < -0.3 is 19.9 Å². The van der Waals surface area contributed by atoms with Gasteiger partial charge in [-0.15, -0.1) is 0 Å². The number of ether oxygens (including phenoxy) is 1. The van der Waals surface area contributed by atoms with E-state index in [4.69, 9.17) is 4.74 Å². The smallest absolute Gasteiger partial charge is 0.322 e. The summed E-state index contributed by atoms with van der Waals surface area (Å²) in [5.41, 5.74) is 0.619. The van der Waals surface area contributed by atoms with Crippen molar-refractivity contribution in [2.45, 2.75) is 37.8 Å². The molecule has 2 aliphatic rings. The van der Waals surface area contributed by atoms with E-state index in [2.05, 4.69) is 15.3 Å². The highest BCUT2D eigenvalue weighted by Crippen LogP contribution is 2.28. The van der Waals surface area contributed by atoms with Crippen molar-refractivity contribution >= 4 is 17.7 Å². The fraction of sp³-hybridized carbons (Fsp3) is 0.667. The molecule has 0 radical (unpaired) electrons. The summed E-state index contributed by atoms with van der Waals surface area (Å²) >= 11 is 0. The highest BCUT2D eigenvalue weighted by atomic mass is 16.5. The number of anilines is 2. The van der Waals surface area contributed by atoms with Crippen LogP contribution in [0.2, 0.25) is 0 Å². The first-order chi connectivity index (χ1) is 10.6. The highest BCUT2D eigenvalue weighted by molar-refractivity contribution is 5.89. The van der Waals surface area contributed by atoms with Gasteiger partial charge in [-0.3, -0.25) is 0 Å². The molecule has 0 bridgehead atoms.